The van der Waals surface area contributed by atoms with Gasteiger partial charge in [0.05, 0.1) is 19.6 Å². The van der Waals surface area contributed by atoms with Crippen LogP contribution in [0.3, 0.4) is 0 Å². The van der Waals surface area contributed by atoms with E-state index in [1.807, 2.05) is 0 Å². The molecule has 0 radical (unpaired) electrons. The summed E-state index contributed by atoms with van der Waals surface area (Å²) in [6.45, 7) is 6.90. The van der Waals surface area contributed by atoms with Crippen molar-refractivity contribution in [2.45, 2.75) is 70.2 Å². The molecular weight excluding hydrogens is 412 g/mol. The molecular formula is C19H32N4O8. The first-order valence-electron chi connectivity index (χ1n) is 9.87. The first-order valence-corrected chi connectivity index (χ1v) is 9.87. The van der Waals surface area contributed by atoms with Crippen molar-refractivity contribution in [1.29, 1.82) is 0 Å². The number of carboxylic acids is 1. The van der Waals surface area contributed by atoms with Crippen LogP contribution in [0, 0.1) is 0 Å². The number of ether oxygens (including phenoxy) is 2. The van der Waals surface area contributed by atoms with Crippen LogP contribution >= 0.6 is 0 Å². The Balaban J connectivity index is 2.80. The van der Waals surface area contributed by atoms with Gasteiger partial charge in [-0.2, -0.15) is 0 Å². The molecule has 1 aliphatic heterocycles. The number of likely N-dealkylation sites (tertiary alicyclic amines) is 1. The zero-order chi connectivity index (χ0) is 24.0. The Morgan fingerprint density at radius 3 is 2.13 bits per heavy atom. The van der Waals surface area contributed by atoms with Crippen molar-refractivity contribution in [2.24, 2.45) is 5.73 Å². The first kappa shape index (κ1) is 26.1. The molecule has 12 nitrogen and oxygen atoms in total. The molecule has 31 heavy (non-hydrogen) atoms. The monoisotopic (exact) mass is 444 g/mol. The van der Waals surface area contributed by atoms with E-state index in [4.69, 9.17) is 20.3 Å². The average Bonchev–Trinajstić information content (AvgIpc) is 2.65. The highest BCUT2D eigenvalue weighted by atomic mass is 16.6. The van der Waals surface area contributed by atoms with Crippen LogP contribution < -0.4 is 16.4 Å². The van der Waals surface area contributed by atoms with E-state index in [0.29, 0.717) is 0 Å². The van der Waals surface area contributed by atoms with Crippen LogP contribution in [0.2, 0.25) is 0 Å². The number of methoxy groups -OCH3 is 1. The maximum absolute atomic E-state index is 12.6. The minimum absolute atomic E-state index is 0.0872. The van der Waals surface area contributed by atoms with Crippen LogP contribution in [0.5, 0.6) is 0 Å². The van der Waals surface area contributed by atoms with E-state index in [-0.39, 0.29) is 25.9 Å². The van der Waals surface area contributed by atoms with Crippen LogP contribution in [0.15, 0.2) is 0 Å². The van der Waals surface area contributed by atoms with Crippen molar-refractivity contribution < 1.29 is 38.6 Å². The van der Waals surface area contributed by atoms with E-state index >= 15 is 0 Å². The Kier molecular flexibility index (Phi) is 8.79. The van der Waals surface area contributed by atoms with Crippen LogP contribution in [-0.4, -0.2) is 83.3 Å². The van der Waals surface area contributed by atoms with E-state index < -0.39 is 59.5 Å². The van der Waals surface area contributed by atoms with Gasteiger partial charge < -0.3 is 35.8 Å². The molecule has 0 bridgehead atoms. The van der Waals surface area contributed by atoms with Gasteiger partial charge in [-0.1, -0.05) is 0 Å². The van der Waals surface area contributed by atoms with Crippen LogP contribution in [0.4, 0.5) is 4.79 Å². The Hall–Kier alpha value is -2.89. The first-order chi connectivity index (χ1) is 14.2. The fraction of sp³-hybridized carbons (Fsp3) is 0.737. The van der Waals surface area contributed by atoms with Crippen molar-refractivity contribution in [3.05, 3.63) is 0 Å². The van der Waals surface area contributed by atoms with E-state index in [1.54, 1.807) is 20.8 Å². The average molecular weight is 444 g/mol. The van der Waals surface area contributed by atoms with Crippen molar-refractivity contribution >= 4 is 29.8 Å². The molecule has 0 aromatic rings. The third-order valence-electron chi connectivity index (χ3n) is 4.69. The predicted octanol–water partition coefficient (Wildman–Crippen LogP) is -0.648. The van der Waals surface area contributed by atoms with Gasteiger partial charge in [0.2, 0.25) is 11.8 Å². The van der Waals surface area contributed by atoms with Crippen LogP contribution in [-0.2, 0) is 28.7 Å². The lowest BCUT2D eigenvalue weighted by molar-refractivity contribution is -0.153. The van der Waals surface area contributed by atoms with Gasteiger partial charge in [-0.3, -0.25) is 14.4 Å². The van der Waals surface area contributed by atoms with Crippen LogP contribution in [0.25, 0.3) is 0 Å². The van der Waals surface area contributed by atoms with Gasteiger partial charge in [0, 0.05) is 13.1 Å². The third kappa shape index (κ3) is 7.70. The smallest absolute Gasteiger partial charge is 0.410 e. The van der Waals surface area contributed by atoms with E-state index in [2.05, 4.69) is 10.6 Å². The Morgan fingerprint density at radius 2 is 1.68 bits per heavy atom. The quantitative estimate of drug-likeness (QED) is 0.371. The molecule has 3 amide bonds. The molecule has 1 fully saturated rings. The lowest BCUT2D eigenvalue weighted by Crippen LogP contribution is -2.64. The number of piperidine rings is 1. The minimum Gasteiger partial charge on any atom is -0.481 e. The molecule has 0 aromatic carbocycles. The molecule has 0 aliphatic carbocycles. The minimum atomic E-state index is -1.38. The molecule has 0 saturated carbocycles. The predicted molar refractivity (Wildman–Crippen MR) is 108 cm³/mol. The summed E-state index contributed by atoms with van der Waals surface area (Å²) in [5.41, 5.74) is 3.43. The molecule has 1 rings (SSSR count). The second-order valence-electron chi connectivity index (χ2n) is 8.46. The number of carbonyl (C=O) groups excluding carboxylic acids is 4. The standard InChI is InChI=1S/C19H32N4O8/c1-11(21-15(27)12(20)10-13(24)25)14(26)22-19(16(28)30-5)6-8-23(9-7-19)17(29)31-18(2,3)4/h11-12H,6-10,20H2,1-5H3,(H,21,27)(H,22,26)(H,24,25)/t11-,12+/m1/s1. The lowest BCUT2D eigenvalue weighted by Gasteiger charge is -2.40. The van der Waals surface area contributed by atoms with E-state index in [9.17, 15) is 24.0 Å². The number of esters is 1. The van der Waals surface area contributed by atoms with Gasteiger partial charge in [-0.15, -0.1) is 0 Å². The summed E-state index contributed by atoms with van der Waals surface area (Å²) in [5, 5.41) is 13.6. The number of amides is 3. The molecule has 0 unspecified atom stereocenters. The molecule has 1 heterocycles. The second kappa shape index (κ2) is 10.4. The van der Waals surface area contributed by atoms with Gasteiger partial charge in [0.25, 0.3) is 0 Å². The normalized spacial score (nSPS) is 17.7. The Bertz CT molecular complexity index is 710. The highest BCUT2D eigenvalue weighted by Gasteiger charge is 2.45. The van der Waals surface area contributed by atoms with Crippen molar-refractivity contribution in [3.63, 3.8) is 0 Å². The molecule has 12 heteroatoms. The highest BCUT2D eigenvalue weighted by Crippen LogP contribution is 2.25. The van der Waals surface area contributed by atoms with Gasteiger partial charge in [0.1, 0.15) is 17.2 Å². The van der Waals surface area contributed by atoms with Crippen LogP contribution in [0.1, 0.15) is 47.0 Å². The van der Waals surface area contributed by atoms with Gasteiger partial charge >= 0.3 is 18.0 Å². The third-order valence-corrected chi connectivity index (χ3v) is 4.69. The number of rotatable bonds is 7. The van der Waals surface area contributed by atoms with Gasteiger partial charge in [-0.05, 0) is 40.5 Å². The fourth-order valence-corrected chi connectivity index (χ4v) is 2.98. The number of nitrogens with two attached hydrogens (primary N) is 1. The summed E-state index contributed by atoms with van der Waals surface area (Å²) in [6, 6.07) is -2.41. The zero-order valence-corrected chi connectivity index (χ0v) is 18.5. The molecule has 0 aromatic heterocycles. The summed E-state index contributed by atoms with van der Waals surface area (Å²) < 4.78 is 10.2. The summed E-state index contributed by atoms with van der Waals surface area (Å²) in [4.78, 5) is 61.4. The summed E-state index contributed by atoms with van der Waals surface area (Å²) in [5.74, 6) is -3.41. The zero-order valence-electron chi connectivity index (χ0n) is 18.5. The number of carboxylic acid groups (broad SMARTS) is 1. The maximum Gasteiger partial charge on any atom is 0.410 e. The summed E-state index contributed by atoms with van der Waals surface area (Å²) in [6.07, 6.45) is -0.939. The van der Waals surface area contributed by atoms with Crippen molar-refractivity contribution in [2.75, 3.05) is 20.2 Å². The molecule has 0 spiro atoms. The second-order valence-corrected chi connectivity index (χ2v) is 8.46. The lowest BCUT2D eigenvalue weighted by atomic mass is 9.87. The van der Waals surface area contributed by atoms with E-state index in [1.165, 1.54) is 18.9 Å². The topological polar surface area (TPSA) is 177 Å². The summed E-state index contributed by atoms with van der Waals surface area (Å²) in [7, 11) is 1.19. The SMILES string of the molecule is COC(=O)C1(NC(=O)[C@@H](C)NC(=O)[C@@H](N)CC(=O)O)CCN(C(=O)OC(C)(C)C)CC1. The Morgan fingerprint density at radius 1 is 1.13 bits per heavy atom. The van der Waals surface area contributed by atoms with Gasteiger partial charge in [0.15, 0.2) is 0 Å². The Labute approximate surface area is 180 Å². The fourth-order valence-electron chi connectivity index (χ4n) is 2.98. The maximum atomic E-state index is 12.6. The van der Waals surface area contributed by atoms with Crippen molar-refractivity contribution in [1.82, 2.24) is 15.5 Å². The summed E-state index contributed by atoms with van der Waals surface area (Å²) >= 11 is 0. The highest BCUT2D eigenvalue weighted by molar-refractivity contribution is 5.94. The largest absolute Gasteiger partial charge is 0.481 e. The molecule has 1 saturated heterocycles. The molecule has 1 aliphatic rings. The molecule has 5 N–H and O–H groups in total. The van der Waals surface area contributed by atoms with Crippen molar-refractivity contribution in [3.8, 4) is 0 Å². The number of hydrogen-bond acceptors (Lipinski definition) is 8. The molecule has 2 atom stereocenters. The number of nitrogens with one attached hydrogen (secondary N) is 2. The van der Waals surface area contributed by atoms with Gasteiger partial charge in [-0.25, -0.2) is 9.59 Å². The number of aliphatic carboxylic acids is 1. The number of hydrogen-bond donors (Lipinski definition) is 4. The number of carbonyl (C=O) groups is 5. The number of nitrogens with zero attached hydrogens (tertiary/aromatic N) is 1. The molecule has 176 valence electrons. The van der Waals surface area contributed by atoms with E-state index in [0.717, 1.165) is 0 Å².